The topological polar surface area (TPSA) is 49.7 Å². The van der Waals surface area contributed by atoms with Gasteiger partial charge in [0.25, 0.3) is 4.84 Å². The van der Waals surface area contributed by atoms with Gasteiger partial charge in [-0.1, -0.05) is 96.2 Å². The molecule has 2 aliphatic rings. The molecule has 0 aliphatic heterocycles. The SMILES string of the molecule is C=CC=C.CCCC(CC)c1cc(C2CCCCC2)cc(C2CCCCC2)c1OSC(F)SO.CO. The van der Waals surface area contributed by atoms with Gasteiger partial charge in [0.1, 0.15) is 17.8 Å². The highest BCUT2D eigenvalue weighted by Crippen LogP contribution is 2.47. The Morgan fingerprint density at radius 3 is 2.00 bits per heavy atom. The zero-order valence-electron chi connectivity index (χ0n) is 22.7. The first-order valence-corrected chi connectivity index (χ1v) is 15.4. The Hall–Kier alpha value is -0.950. The van der Waals surface area contributed by atoms with Gasteiger partial charge >= 0.3 is 0 Å². The normalized spacial score (nSPS) is 18.1. The highest BCUT2D eigenvalue weighted by atomic mass is 32.2. The standard InChI is InChI=1S/C25H39FO2S2.C4H6.CH4O/c1-3-11-18(4-2)22-16-21(19-12-7-5-8-13-19)17-23(20-14-9-6-10-15-20)24(22)28-30-25(26)29-27;1-3-4-2;1-2/h16-20,25,27H,3-15H2,1-2H3;3-4H,1-2H2;2H,1H3. The Morgan fingerprint density at radius 2 is 1.53 bits per heavy atom. The Balaban J connectivity index is 0.000000982. The van der Waals surface area contributed by atoms with Crippen LogP contribution in [0.15, 0.2) is 37.4 Å². The fourth-order valence-electron chi connectivity index (χ4n) is 5.52. The van der Waals surface area contributed by atoms with Gasteiger partial charge < -0.3 is 13.8 Å². The summed E-state index contributed by atoms with van der Waals surface area (Å²) in [6.45, 7) is 11.2. The van der Waals surface area contributed by atoms with Gasteiger partial charge in [0.2, 0.25) is 0 Å². The summed E-state index contributed by atoms with van der Waals surface area (Å²) >= 11 is 0.968. The molecule has 0 radical (unpaired) electrons. The van der Waals surface area contributed by atoms with Gasteiger partial charge in [-0.3, -0.25) is 0 Å². The van der Waals surface area contributed by atoms with Crippen molar-refractivity contribution in [2.24, 2.45) is 0 Å². The minimum atomic E-state index is -1.48. The molecule has 1 aromatic carbocycles. The number of aliphatic hydroxyl groups is 1. The maximum absolute atomic E-state index is 13.9. The van der Waals surface area contributed by atoms with Crippen molar-refractivity contribution >= 4 is 24.1 Å². The maximum atomic E-state index is 13.9. The van der Waals surface area contributed by atoms with Crippen LogP contribution in [0, 0.1) is 0 Å². The summed E-state index contributed by atoms with van der Waals surface area (Å²) in [4.78, 5) is -1.48. The quantitative estimate of drug-likeness (QED) is 0.166. The van der Waals surface area contributed by atoms with Gasteiger partial charge in [-0.15, -0.1) is 0 Å². The lowest BCUT2D eigenvalue weighted by molar-refractivity contribution is 0.399. The molecule has 2 aliphatic carbocycles. The predicted octanol–water partition coefficient (Wildman–Crippen LogP) is 10.5. The molecule has 0 spiro atoms. The predicted molar refractivity (Wildman–Crippen MR) is 158 cm³/mol. The zero-order chi connectivity index (χ0) is 26.8. The number of rotatable bonds is 11. The van der Waals surface area contributed by atoms with E-state index in [1.54, 1.807) is 12.2 Å². The Kier molecular flexibility index (Phi) is 18.4. The molecule has 1 aromatic rings. The van der Waals surface area contributed by atoms with Crippen LogP contribution in [0.4, 0.5) is 4.39 Å². The summed E-state index contributed by atoms with van der Waals surface area (Å²) in [6, 6.07) is 4.82. The minimum Gasteiger partial charge on any atom is -0.421 e. The molecule has 2 atom stereocenters. The third-order valence-electron chi connectivity index (χ3n) is 7.32. The molecule has 2 N–H and O–H groups in total. The van der Waals surface area contributed by atoms with E-state index in [2.05, 4.69) is 39.1 Å². The number of alkyl halides is 1. The molecule has 2 unspecified atom stereocenters. The average Bonchev–Trinajstić information content (AvgIpc) is 2.96. The summed E-state index contributed by atoms with van der Waals surface area (Å²) in [7, 11) is 1.00. The van der Waals surface area contributed by atoms with Crippen molar-refractivity contribution in [3.05, 3.63) is 54.1 Å². The number of aliphatic hydroxyl groups excluding tert-OH is 1. The van der Waals surface area contributed by atoms with E-state index in [1.165, 1.54) is 80.9 Å². The maximum Gasteiger partial charge on any atom is 0.252 e. The molecule has 0 amide bonds. The molecule has 0 heterocycles. The Morgan fingerprint density at radius 1 is 0.972 bits per heavy atom. The minimum absolute atomic E-state index is 0.213. The molecule has 2 saturated carbocycles. The van der Waals surface area contributed by atoms with Crippen molar-refractivity contribution in [1.29, 1.82) is 0 Å². The van der Waals surface area contributed by atoms with Gasteiger partial charge in [0.05, 0.1) is 0 Å². The highest BCUT2D eigenvalue weighted by molar-refractivity contribution is 8.12. The number of allylic oxidation sites excluding steroid dienone is 2. The number of halogens is 1. The molecule has 0 saturated heterocycles. The molecular formula is C30H49FO3S2. The zero-order valence-corrected chi connectivity index (χ0v) is 24.4. The molecular weight excluding hydrogens is 491 g/mol. The van der Waals surface area contributed by atoms with E-state index in [1.807, 2.05) is 0 Å². The van der Waals surface area contributed by atoms with E-state index in [0.717, 1.165) is 44.2 Å². The average molecular weight is 541 g/mol. The number of benzene rings is 1. The van der Waals surface area contributed by atoms with Crippen molar-refractivity contribution in [3.63, 3.8) is 0 Å². The third-order valence-corrected chi connectivity index (χ3v) is 8.39. The van der Waals surface area contributed by atoms with Gasteiger partial charge in [-0.05, 0) is 73.0 Å². The summed E-state index contributed by atoms with van der Waals surface area (Å²) in [5, 5.41) is 7.00. The first-order chi connectivity index (χ1) is 17.6. The van der Waals surface area contributed by atoms with Crippen LogP contribution in [-0.4, -0.2) is 21.6 Å². The van der Waals surface area contributed by atoms with E-state index in [4.69, 9.17) is 13.8 Å². The molecule has 6 heteroatoms. The fraction of sp³-hybridized carbons (Fsp3) is 0.667. The first kappa shape index (κ1) is 33.1. The van der Waals surface area contributed by atoms with Crippen molar-refractivity contribution in [1.82, 2.24) is 0 Å². The molecule has 36 heavy (non-hydrogen) atoms. The summed E-state index contributed by atoms with van der Waals surface area (Å²) < 4.78 is 29.1. The van der Waals surface area contributed by atoms with Crippen LogP contribution in [0.5, 0.6) is 5.75 Å². The second-order valence-corrected chi connectivity index (χ2v) is 11.3. The van der Waals surface area contributed by atoms with Crippen LogP contribution >= 0.6 is 24.1 Å². The van der Waals surface area contributed by atoms with Crippen molar-refractivity contribution < 1.29 is 18.2 Å². The highest BCUT2D eigenvalue weighted by Gasteiger charge is 2.28. The molecule has 3 rings (SSSR count). The van der Waals surface area contributed by atoms with E-state index in [0.29, 0.717) is 17.8 Å². The lowest BCUT2D eigenvalue weighted by Crippen LogP contribution is -2.13. The monoisotopic (exact) mass is 540 g/mol. The van der Waals surface area contributed by atoms with Crippen LogP contribution in [0.3, 0.4) is 0 Å². The molecule has 0 aromatic heterocycles. The van der Waals surface area contributed by atoms with Gasteiger partial charge in [0.15, 0.2) is 0 Å². The van der Waals surface area contributed by atoms with Crippen LogP contribution in [0.2, 0.25) is 0 Å². The summed E-state index contributed by atoms with van der Waals surface area (Å²) in [5.74, 6) is 2.51. The van der Waals surface area contributed by atoms with E-state index in [-0.39, 0.29) is 12.0 Å². The third kappa shape index (κ3) is 10.8. The molecule has 0 bridgehead atoms. The van der Waals surface area contributed by atoms with Crippen molar-refractivity contribution in [2.75, 3.05) is 7.11 Å². The smallest absolute Gasteiger partial charge is 0.252 e. The van der Waals surface area contributed by atoms with Gasteiger partial charge in [-0.25, -0.2) is 4.39 Å². The van der Waals surface area contributed by atoms with E-state index < -0.39 is 4.84 Å². The van der Waals surface area contributed by atoms with Gasteiger partial charge in [-0.2, -0.15) is 0 Å². The van der Waals surface area contributed by atoms with Crippen molar-refractivity contribution in [2.45, 2.75) is 120 Å². The lowest BCUT2D eigenvalue weighted by atomic mass is 9.77. The lowest BCUT2D eigenvalue weighted by Gasteiger charge is -2.30. The number of hydrogen-bond acceptors (Lipinski definition) is 5. The van der Waals surface area contributed by atoms with Crippen molar-refractivity contribution in [3.8, 4) is 5.75 Å². The van der Waals surface area contributed by atoms with Crippen LogP contribution < -0.4 is 4.18 Å². The second-order valence-electron chi connectivity index (χ2n) is 9.62. The molecule has 2 fully saturated rings. The fourth-order valence-corrected chi connectivity index (χ4v) is 6.14. The van der Waals surface area contributed by atoms with Crippen LogP contribution in [-0.2, 0) is 0 Å². The van der Waals surface area contributed by atoms with E-state index >= 15 is 0 Å². The first-order valence-electron chi connectivity index (χ1n) is 13.7. The van der Waals surface area contributed by atoms with Crippen LogP contribution in [0.25, 0.3) is 0 Å². The van der Waals surface area contributed by atoms with Crippen LogP contribution in [0.1, 0.15) is 132 Å². The molecule has 3 nitrogen and oxygen atoms in total. The summed E-state index contributed by atoms with van der Waals surface area (Å²) in [6.07, 6.45) is 19.5. The van der Waals surface area contributed by atoms with Gasteiger partial charge in [0, 0.05) is 19.2 Å². The molecule has 206 valence electrons. The van der Waals surface area contributed by atoms with E-state index in [9.17, 15) is 4.39 Å². The largest absolute Gasteiger partial charge is 0.421 e. The second kappa shape index (κ2) is 20.1. The Labute approximate surface area is 228 Å². The number of hydrogen-bond donors (Lipinski definition) is 2. The Bertz CT molecular complexity index is 699. The summed E-state index contributed by atoms with van der Waals surface area (Å²) in [5.41, 5.74) is 4.08.